The molecule has 5 nitrogen and oxygen atoms in total. The molecular formula is C29H25FN4OS. The molecule has 1 N–H and O–H groups in total. The van der Waals surface area contributed by atoms with Crippen LogP contribution in [0.1, 0.15) is 21.7 Å². The van der Waals surface area contributed by atoms with Gasteiger partial charge in [-0.05, 0) is 59.5 Å². The average Bonchev–Trinajstić information content (AvgIpc) is 3.41. The third kappa shape index (κ3) is 6.31. The van der Waals surface area contributed by atoms with Gasteiger partial charge in [-0.3, -0.25) is 0 Å². The van der Waals surface area contributed by atoms with Crippen molar-refractivity contribution in [2.24, 2.45) is 0 Å². The Labute approximate surface area is 213 Å². The Kier molecular flexibility index (Phi) is 7.58. The van der Waals surface area contributed by atoms with Crippen molar-refractivity contribution in [2.75, 3.05) is 5.32 Å². The SMILES string of the molecule is FCc1ccnc(Nc2cccc(-c3cnc(CCc4ccc(OCc5ccccc5)cc4)s3)n2)c1. The van der Waals surface area contributed by atoms with Crippen LogP contribution in [0.5, 0.6) is 5.75 Å². The van der Waals surface area contributed by atoms with Gasteiger partial charge in [-0.25, -0.2) is 19.3 Å². The van der Waals surface area contributed by atoms with E-state index in [4.69, 9.17) is 4.74 Å². The highest BCUT2D eigenvalue weighted by atomic mass is 32.1. The molecule has 2 aromatic carbocycles. The molecule has 180 valence electrons. The zero-order valence-corrected chi connectivity index (χ0v) is 20.4. The van der Waals surface area contributed by atoms with E-state index in [0.29, 0.717) is 23.8 Å². The molecule has 0 aliphatic rings. The van der Waals surface area contributed by atoms with Gasteiger partial charge in [0, 0.05) is 18.8 Å². The summed E-state index contributed by atoms with van der Waals surface area (Å²) in [4.78, 5) is 14.5. The van der Waals surface area contributed by atoms with Gasteiger partial charge in [-0.15, -0.1) is 11.3 Å². The molecule has 5 rings (SSSR count). The summed E-state index contributed by atoms with van der Waals surface area (Å²) in [5.41, 5.74) is 3.81. The van der Waals surface area contributed by atoms with E-state index < -0.39 is 6.67 Å². The second kappa shape index (κ2) is 11.6. The molecule has 5 aromatic rings. The summed E-state index contributed by atoms with van der Waals surface area (Å²) in [5.74, 6) is 2.09. The molecule has 0 radical (unpaired) electrons. The molecule has 0 saturated carbocycles. The van der Waals surface area contributed by atoms with Crippen molar-refractivity contribution in [3.63, 3.8) is 0 Å². The smallest absolute Gasteiger partial charge is 0.132 e. The molecule has 0 saturated heterocycles. The van der Waals surface area contributed by atoms with Crippen LogP contribution in [-0.4, -0.2) is 15.0 Å². The van der Waals surface area contributed by atoms with E-state index in [1.165, 1.54) is 5.56 Å². The van der Waals surface area contributed by atoms with Gasteiger partial charge >= 0.3 is 0 Å². The van der Waals surface area contributed by atoms with Crippen molar-refractivity contribution in [1.82, 2.24) is 15.0 Å². The summed E-state index contributed by atoms with van der Waals surface area (Å²) < 4.78 is 18.8. The fraction of sp³-hybridized carbons (Fsp3) is 0.138. The Bertz CT molecular complexity index is 1410. The fourth-order valence-electron chi connectivity index (χ4n) is 3.69. The van der Waals surface area contributed by atoms with Crippen LogP contribution in [0.15, 0.2) is 97.3 Å². The number of alkyl halides is 1. The number of aryl methyl sites for hydroxylation is 2. The first-order valence-corrected chi connectivity index (χ1v) is 12.5. The number of pyridine rings is 2. The number of thiazole rings is 1. The van der Waals surface area contributed by atoms with E-state index in [0.717, 1.165) is 39.7 Å². The van der Waals surface area contributed by atoms with Crippen molar-refractivity contribution >= 4 is 23.0 Å². The van der Waals surface area contributed by atoms with Crippen molar-refractivity contribution in [1.29, 1.82) is 0 Å². The lowest BCUT2D eigenvalue weighted by Crippen LogP contribution is -1.97. The monoisotopic (exact) mass is 496 g/mol. The minimum Gasteiger partial charge on any atom is -0.489 e. The maximum absolute atomic E-state index is 12.9. The first kappa shape index (κ1) is 23.6. The van der Waals surface area contributed by atoms with Gasteiger partial charge in [-0.2, -0.15) is 0 Å². The van der Waals surface area contributed by atoms with E-state index in [9.17, 15) is 4.39 Å². The van der Waals surface area contributed by atoms with E-state index in [1.807, 2.05) is 54.7 Å². The normalized spacial score (nSPS) is 10.8. The van der Waals surface area contributed by atoms with Crippen LogP contribution in [-0.2, 0) is 26.1 Å². The van der Waals surface area contributed by atoms with Crippen LogP contribution in [0.3, 0.4) is 0 Å². The van der Waals surface area contributed by atoms with Crippen LogP contribution in [0.2, 0.25) is 0 Å². The summed E-state index contributed by atoms with van der Waals surface area (Å²) in [6.45, 7) is 0.0356. The number of anilines is 2. The van der Waals surface area contributed by atoms with E-state index in [1.54, 1.807) is 29.7 Å². The summed E-state index contributed by atoms with van der Waals surface area (Å²) >= 11 is 1.64. The topological polar surface area (TPSA) is 59.9 Å². The Hall–Kier alpha value is -4.10. The van der Waals surface area contributed by atoms with Crippen LogP contribution in [0.4, 0.5) is 16.0 Å². The lowest BCUT2D eigenvalue weighted by Gasteiger charge is -2.07. The van der Waals surface area contributed by atoms with Gasteiger partial charge in [-0.1, -0.05) is 48.5 Å². The zero-order chi connectivity index (χ0) is 24.6. The molecule has 0 spiro atoms. The van der Waals surface area contributed by atoms with Gasteiger partial charge in [0.15, 0.2) is 0 Å². The van der Waals surface area contributed by atoms with Crippen LogP contribution < -0.4 is 10.1 Å². The summed E-state index contributed by atoms with van der Waals surface area (Å²) in [6, 6.07) is 27.5. The molecule has 0 aliphatic heterocycles. The maximum Gasteiger partial charge on any atom is 0.132 e. The molecule has 0 unspecified atom stereocenters. The standard InChI is InChI=1S/C29H25FN4OS/c30-18-23-15-16-31-28(17-23)34-27-8-4-7-25(33-27)26-19-32-29(36-26)14-11-21-9-12-24(13-10-21)35-20-22-5-2-1-3-6-22/h1-10,12-13,15-17,19H,11,14,18,20H2,(H,31,33,34). The minimum absolute atomic E-state index is 0.527. The quantitative estimate of drug-likeness (QED) is 0.222. The van der Waals surface area contributed by atoms with Crippen LogP contribution in [0.25, 0.3) is 10.6 Å². The average molecular weight is 497 g/mol. The molecule has 36 heavy (non-hydrogen) atoms. The first-order valence-electron chi connectivity index (χ1n) is 11.7. The van der Waals surface area contributed by atoms with Crippen LogP contribution >= 0.6 is 11.3 Å². The van der Waals surface area contributed by atoms with E-state index >= 15 is 0 Å². The van der Waals surface area contributed by atoms with Gasteiger partial charge in [0.2, 0.25) is 0 Å². The number of benzene rings is 2. The molecule has 0 aliphatic carbocycles. The van der Waals surface area contributed by atoms with Gasteiger partial charge in [0.05, 0.1) is 15.6 Å². The number of nitrogens with zero attached hydrogens (tertiary/aromatic N) is 3. The molecule has 0 amide bonds. The minimum atomic E-state index is -0.527. The Morgan fingerprint density at radius 2 is 1.64 bits per heavy atom. The highest BCUT2D eigenvalue weighted by Gasteiger charge is 2.08. The molecular weight excluding hydrogens is 471 g/mol. The zero-order valence-electron chi connectivity index (χ0n) is 19.6. The Morgan fingerprint density at radius 3 is 2.47 bits per heavy atom. The Morgan fingerprint density at radius 1 is 0.778 bits per heavy atom. The predicted molar refractivity (Wildman–Crippen MR) is 142 cm³/mol. The van der Waals surface area contributed by atoms with Gasteiger partial charge in [0.25, 0.3) is 0 Å². The molecule has 0 atom stereocenters. The number of ether oxygens (including phenoxy) is 1. The summed E-state index contributed by atoms with van der Waals surface area (Å²) in [5, 5.41) is 4.21. The van der Waals surface area contributed by atoms with Gasteiger partial charge < -0.3 is 10.1 Å². The van der Waals surface area contributed by atoms with Crippen LogP contribution in [0, 0.1) is 0 Å². The lowest BCUT2D eigenvalue weighted by atomic mass is 10.1. The van der Waals surface area contributed by atoms with Crippen molar-refractivity contribution < 1.29 is 9.13 Å². The van der Waals surface area contributed by atoms with Crippen molar-refractivity contribution in [2.45, 2.75) is 26.1 Å². The number of rotatable bonds is 10. The highest BCUT2D eigenvalue weighted by molar-refractivity contribution is 7.15. The lowest BCUT2D eigenvalue weighted by molar-refractivity contribution is 0.306. The largest absolute Gasteiger partial charge is 0.489 e. The Balaban J connectivity index is 1.17. The van der Waals surface area contributed by atoms with E-state index in [2.05, 4.69) is 44.5 Å². The number of halogens is 1. The number of hydrogen-bond acceptors (Lipinski definition) is 6. The number of nitrogens with one attached hydrogen (secondary N) is 1. The second-order valence-corrected chi connectivity index (χ2v) is 9.37. The number of aromatic nitrogens is 3. The molecule has 0 fully saturated rings. The summed E-state index contributed by atoms with van der Waals surface area (Å²) in [7, 11) is 0. The first-order chi connectivity index (χ1) is 17.7. The second-order valence-electron chi connectivity index (χ2n) is 8.25. The molecule has 7 heteroatoms. The molecule has 3 aromatic heterocycles. The maximum atomic E-state index is 12.9. The summed E-state index contributed by atoms with van der Waals surface area (Å²) in [6.07, 6.45) is 5.21. The van der Waals surface area contributed by atoms with E-state index in [-0.39, 0.29) is 0 Å². The molecule has 3 heterocycles. The molecule has 0 bridgehead atoms. The number of hydrogen-bond donors (Lipinski definition) is 1. The highest BCUT2D eigenvalue weighted by Crippen LogP contribution is 2.27. The predicted octanol–water partition coefficient (Wildman–Crippen LogP) is 7.18. The third-order valence-electron chi connectivity index (χ3n) is 5.59. The van der Waals surface area contributed by atoms with Gasteiger partial charge in [0.1, 0.15) is 30.7 Å². The van der Waals surface area contributed by atoms with Crippen molar-refractivity contribution in [3.05, 3.63) is 119 Å². The third-order valence-corrected chi connectivity index (χ3v) is 6.67. The van der Waals surface area contributed by atoms with Crippen molar-refractivity contribution in [3.8, 4) is 16.3 Å². The fourth-order valence-corrected chi connectivity index (χ4v) is 4.57.